The van der Waals surface area contributed by atoms with Gasteiger partial charge in [0.25, 0.3) is 0 Å². The number of aryl methyl sites for hydroxylation is 2. The molecule has 1 aromatic carbocycles. The minimum Gasteiger partial charge on any atom is -0.265 e. The lowest BCUT2D eigenvalue weighted by Gasteiger charge is -2.19. The molecule has 2 heterocycles. The van der Waals surface area contributed by atoms with Crippen LogP contribution in [-0.4, -0.2) is 9.78 Å². The van der Waals surface area contributed by atoms with Gasteiger partial charge in [0.2, 0.25) is 0 Å². The summed E-state index contributed by atoms with van der Waals surface area (Å²) < 4.78 is 2.09. The van der Waals surface area contributed by atoms with Crippen LogP contribution in [0.4, 0.5) is 0 Å². The first-order valence-electron chi connectivity index (χ1n) is 8.03. The van der Waals surface area contributed by atoms with Crippen molar-refractivity contribution in [1.29, 1.82) is 0 Å². The highest BCUT2D eigenvalue weighted by molar-refractivity contribution is 5.73. The number of fused-ring (bicyclic) bond motifs is 3. The third-order valence-electron chi connectivity index (χ3n) is 4.09. The van der Waals surface area contributed by atoms with Crippen molar-refractivity contribution in [3.63, 3.8) is 0 Å². The molecule has 0 bridgehead atoms. The summed E-state index contributed by atoms with van der Waals surface area (Å²) in [6, 6.07) is 8.59. The molecule has 1 aliphatic rings. The molecule has 0 aliphatic carbocycles. The summed E-state index contributed by atoms with van der Waals surface area (Å²) >= 11 is 0. The quantitative estimate of drug-likeness (QED) is 0.597. The summed E-state index contributed by atoms with van der Waals surface area (Å²) in [5.41, 5.74) is 5.07. The highest BCUT2D eigenvalue weighted by Crippen LogP contribution is 2.31. The maximum Gasteiger partial charge on any atom is 0.0697 e. The van der Waals surface area contributed by atoms with Crippen molar-refractivity contribution in [3.05, 3.63) is 41.6 Å². The highest BCUT2D eigenvalue weighted by atomic mass is 15.3. The number of aromatic nitrogens is 2. The molecule has 0 spiro atoms. The third kappa shape index (κ3) is 3.03. The van der Waals surface area contributed by atoms with Crippen LogP contribution in [0.5, 0.6) is 0 Å². The number of benzene rings is 1. The molecule has 2 heteroatoms. The fraction of sp³-hybridized carbons (Fsp3) is 0.421. The van der Waals surface area contributed by atoms with Crippen molar-refractivity contribution >= 4 is 0 Å². The van der Waals surface area contributed by atoms with Crippen molar-refractivity contribution in [2.24, 2.45) is 0 Å². The Morgan fingerprint density at radius 3 is 3.05 bits per heavy atom. The van der Waals surface area contributed by atoms with E-state index in [4.69, 9.17) is 0 Å². The van der Waals surface area contributed by atoms with E-state index in [1.165, 1.54) is 42.5 Å². The van der Waals surface area contributed by atoms with Crippen LogP contribution >= 0.6 is 0 Å². The van der Waals surface area contributed by atoms with Crippen molar-refractivity contribution in [2.75, 3.05) is 0 Å². The molecule has 0 unspecified atom stereocenters. The lowest BCUT2D eigenvalue weighted by atomic mass is 9.94. The molecule has 1 aliphatic heterocycles. The van der Waals surface area contributed by atoms with Crippen LogP contribution in [0.25, 0.3) is 11.3 Å². The Kier molecular flexibility index (Phi) is 4.40. The van der Waals surface area contributed by atoms with E-state index in [0.29, 0.717) is 0 Å². The molecule has 21 heavy (non-hydrogen) atoms. The molecule has 2 aromatic rings. The summed E-state index contributed by atoms with van der Waals surface area (Å²) in [5.74, 6) is 6.74. The van der Waals surface area contributed by atoms with E-state index in [9.17, 15) is 0 Å². The van der Waals surface area contributed by atoms with Crippen LogP contribution in [0, 0.1) is 11.8 Å². The van der Waals surface area contributed by atoms with Gasteiger partial charge in [-0.1, -0.05) is 50.2 Å². The average Bonchev–Trinajstić information content (AvgIpc) is 2.99. The van der Waals surface area contributed by atoms with Gasteiger partial charge >= 0.3 is 0 Å². The van der Waals surface area contributed by atoms with E-state index in [1.807, 2.05) is 6.20 Å². The Balaban J connectivity index is 1.81. The smallest absolute Gasteiger partial charge is 0.0697 e. The van der Waals surface area contributed by atoms with Crippen molar-refractivity contribution in [3.8, 4) is 23.1 Å². The molecule has 0 N–H and O–H groups in total. The van der Waals surface area contributed by atoms with Crippen LogP contribution in [-0.2, 0) is 13.0 Å². The van der Waals surface area contributed by atoms with Crippen LogP contribution in [0.3, 0.4) is 0 Å². The maximum atomic E-state index is 4.40. The Morgan fingerprint density at radius 2 is 2.14 bits per heavy atom. The van der Waals surface area contributed by atoms with Gasteiger partial charge < -0.3 is 0 Å². The predicted molar refractivity (Wildman–Crippen MR) is 87.0 cm³/mol. The second-order valence-electron chi connectivity index (χ2n) is 5.64. The second kappa shape index (κ2) is 6.63. The number of unbranched alkanes of at least 4 members (excludes halogenated alkanes) is 4. The fourth-order valence-corrected chi connectivity index (χ4v) is 2.96. The van der Waals surface area contributed by atoms with Gasteiger partial charge in [-0.25, -0.2) is 0 Å². The zero-order valence-corrected chi connectivity index (χ0v) is 12.7. The van der Waals surface area contributed by atoms with Crippen LogP contribution < -0.4 is 0 Å². The summed E-state index contributed by atoms with van der Waals surface area (Å²) in [6.07, 6.45) is 9.06. The lowest BCUT2D eigenvalue weighted by molar-refractivity contribution is 0.607. The van der Waals surface area contributed by atoms with Gasteiger partial charge in [0.15, 0.2) is 0 Å². The maximum absolute atomic E-state index is 4.40. The van der Waals surface area contributed by atoms with E-state index in [0.717, 1.165) is 24.9 Å². The van der Waals surface area contributed by atoms with Gasteiger partial charge in [0, 0.05) is 30.3 Å². The minimum absolute atomic E-state index is 0.975. The third-order valence-corrected chi connectivity index (χ3v) is 4.09. The Hall–Kier alpha value is -2.01. The molecule has 1 aromatic heterocycles. The van der Waals surface area contributed by atoms with Gasteiger partial charge in [-0.2, -0.15) is 5.10 Å². The molecular formula is C19H22N2. The Bertz CT molecular complexity index is 670. The molecule has 2 nitrogen and oxygen atoms in total. The van der Waals surface area contributed by atoms with E-state index in [2.05, 4.69) is 52.8 Å². The molecule has 0 fully saturated rings. The predicted octanol–water partition coefficient (Wildman–Crippen LogP) is 4.43. The van der Waals surface area contributed by atoms with Crippen molar-refractivity contribution in [2.45, 2.75) is 52.0 Å². The van der Waals surface area contributed by atoms with Crippen molar-refractivity contribution in [1.82, 2.24) is 9.78 Å². The average molecular weight is 278 g/mol. The molecular weight excluding hydrogens is 256 g/mol. The Morgan fingerprint density at radius 1 is 1.19 bits per heavy atom. The number of nitrogens with zero attached hydrogens (tertiary/aromatic N) is 2. The zero-order valence-electron chi connectivity index (χ0n) is 12.7. The van der Waals surface area contributed by atoms with Gasteiger partial charge in [0.05, 0.1) is 5.69 Å². The van der Waals surface area contributed by atoms with Gasteiger partial charge in [-0.3, -0.25) is 4.68 Å². The fourth-order valence-electron chi connectivity index (χ4n) is 2.96. The van der Waals surface area contributed by atoms with Gasteiger partial charge in [-0.05, 0) is 30.5 Å². The topological polar surface area (TPSA) is 17.8 Å². The molecule has 0 saturated carbocycles. The van der Waals surface area contributed by atoms with Crippen LogP contribution in [0.2, 0.25) is 0 Å². The molecule has 0 radical (unpaired) electrons. The normalized spacial score (nSPS) is 12.2. The Labute approximate surface area is 127 Å². The SMILES string of the molecule is CCCCCCC#Cc1cccc2c1-c1ccnn1CC2. The van der Waals surface area contributed by atoms with E-state index >= 15 is 0 Å². The standard InChI is InChI=1S/C19H22N2/c1-2-3-4-5-6-7-9-16-10-8-11-17-13-15-21-18(19(16)17)12-14-20-21/h8,10-12,14H,2-6,13,15H2,1H3. The summed E-state index contributed by atoms with van der Waals surface area (Å²) in [4.78, 5) is 0. The van der Waals surface area contributed by atoms with Gasteiger partial charge in [-0.15, -0.1) is 0 Å². The summed E-state index contributed by atoms with van der Waals surface area (Å²) in [7, 11) is 0. The molecule has 0 saturated heterocycles. The second-order valence-corrected chi connectivity index (χ2v) is 5.64. The van der Waals surface area contributed by atoms with E-state index in [-0.39, 0.29) is 0 Å². The van der Waals surface area contributed by atoms with E-state index < -0.39 is 0 Å². The summed E-state index contributed by atoms with van der Waals surface area (Å²) in [5, 5.41) is 4.40. The molecule has 0 amide bonds. The molecule has 0 atom stereocenters. The molecule has 3 rings (SSSR count). The zero-order chi connectivity index (χ0) is 14.5. The lowest BCUT2D eigenvalue weighted by Crippen LogP contribution is -2.12. The first-order valence-corrected chi connectivity index (χ1v) is 8.03. The number of hydrogen-bond acceptors (Lipinski definition) is 1. The van der Waals surface area contributed by atoms with Crippen molar-refractivity contribution < 1.29 is 0 Å². The summed E-state index contributed by atoms with van der Waals surface area (Å²) in [6.45, 7) is 3.22. The van der Waals surface area contributed by atoms with Crippen LogP contribution in [0.15, 0.2) is 30.5 Å². The first kappa shape index (κ1) is 13.9. The largest absolute Gasteiger partial charge is 0.265 e. The highest BCUT2D eigenvalue weighted by Gasteiger charge is 2.18. The van der Waals surface area contributed by atoms with Crippen LogP contribution in [0.1, 0.15) is 50.2 Å². The molecule has 108 valence electrons. The number of rotatable bonds is 4. The van der Waals surface area contributed by atoms with E-state index in [1.54, 1.807) is 0 Å². The minimum atomic E-state index is 0.975. The monoisotopic (exact) mass is 278 g/mol. The first-order chi connectivity index (χ1) is 10.4. The number of hydrogen-bond donors (Lipinski definition) is 0. The van der Waals surface area contributed by atoms with Gasteiger partial charge in [0.1, 0.15) is 0 Å².